The summed E-state index contributed by atoms with van der Waals surface area (Å²) in [5, 5.41) is 0. The van der Waals surface area contributed by atoms with Crippen LogP contribution in [0.3, 0.4) is 0 Å². The molecule has 0 amide bonds. The molecule has 130 valence electrons. The summed E-state index contributed by atoms with van der Waals surface area (Å²) in [4.78, 5) is 12.7. The van der Waals surface area contributed by atoms with Gasteiger partial charge in [0.25, 0.3) is 0 Å². The number of carbonyl (C=O) groups excluding carboxylic acids is 1. The first-order valence-electron chi connectivity index (χ1n) is 8.00. The van der Waals surface area contributed by atoms with Gasteiger partial charge in [0.05, 0.1) is 18.8 Å². The van der Waals surface area contributed by atoms with E-state index in [-0.39, 0.29) is 24.8 Å². The highest BCUT2D eigenvalue weighted by molar-refractivity contribution is 6.02. The lowest BCUT2D eigenvalue weighted by molar-refractivity contribution is -0.344. The van der Waals surface area contributed by atoms with Gasteiger partial charge in [0.1, 0.15) is 11.9 Å². The van der Waals surface area contributed by atoms with Crippen molar-refractivity contribution in [3.05, 3.63) is 71.0 Å². The summed E-state index contributed by atoms with van der Waals surface area (Å²) in [5.41, 5.74) is 1.95. The zero-order chi connectivity index (χ0) is 17.4. The summed E-state index contributed by atoms with van der Waals surface area (Å²) in [5.74, 6) is -1.81. The first kappa shape index (κ1) is 16.4. The van der Waals surface area contributed by atoms with Crippen LogP contribution in [0.25, 0.3) is 0 Å². The number of hydrogen-bond donors (Lipinski definition) is 0. The van der Waals surface area contributed by atoms with E-state index in [0.717, 1.165) is 5.56 Å². The Morgan fingerprint density at radius 3 is 2.64 bits per heavy atom. The maximum atomic E-state index is 12.9. The average Bonchev–Trinajstić information content (AvgIpc) is 2.99. The van der Waals surface area contributed by atoms with E-state index in [1.807, 2.05) is 0 Å². The monoisotopic (exact) mass is 344 g/mol. The molecule has 3 atom stereocenters. The molecule has 0 N–H and O–H groups in total. The number of fused-ring (bicyclic) bond motifs is 4. The average molecular weight is 344 g/mol. The van der Waals surface area contributed by atoms with Gasteiger partial charge < -0.3 is 18.9 Å². The Bertz CT molecular complexity index is 791. The Hall–Kier alpha value is -2.12. The lowest BCUT2D eigenvalue weighted by Gasteiger charge is -2.30. The van der Waals surface area contributed by atoms with Gasteiger partial charge >= 0.3 is 5.97 Å². The van der Waals surface area contributed by atoms with Crippen LogP contribution in [0.1, 0.15) is 21.5 Å². The third-order valence-electron chi connectivity index (χ3n) is 4.44. The number of hydrogen-bond acceptors (Lipinski definition) is 5. The van der Waals surface area contributed by atoms with Crippen LogP contribution in [0.15, 0.2) is 48.5 Å². The molecule has 4 rings (SSSR count). The highest BCUT2D eigenvalue weighted by Crippen LogP contribution is 2.45. The van der Waals surface area contributed by atoms with E-state index >= 15 is 0 Å². The Balaban J connectivity index is 1.48. The zero-order valence-electron chi connectivity index (χ0n) is 13.6. The molecule has 1 fully saturated rings. The summed E-state index contributed by atoms with van der Waals surface area (Å²) in [7, 11) is 1.48. The topological polar surface area (TPSA) is 54.0 Å². The van der Waals surface area contributed by atoms with Crippen molar-refractivity contribution >= 4 is 5.78 Å². The maximum absolute atomic E-state index is 12.9. The molecule has 0 radical (unpaired) electrons. The third-order valence-corrected chi connectivity index (χ3v) is 4.44. The highest BCUT2D eigenvalue weighted by Gasteiger charge is 2.57. The van der Waals surface area contributed by atoms with E-state index in [1.165, 1.54) is 19.2 Å². The molecule has 5 nitrogen and oxygen atoms in total. The number of ether oxygens (including phenoxy) is 4. The Labute approximate surface area is 144 Å². The first-order valence-corrected chi connectivity index (χ1v) is 8.00. The molecular weight excluding hydrogens is 327 g/mol. The van der Waals surface area contributed by atoms with Crippen molar-refractivity contribution < 1.29 is 28.1 Å². The Morgan fingerprint density at radius 2 is 1.88 bits per heavy atom. The van der Waals surface area contributed by atoms with Gasteiger partial charge in [0.2, 0.25) is 0 Å². The summed E-state index contributed by atoms with van der Waals surface area (Å²) in [6.45, 7) is 0.445. The second kappa shape index (κ2) is 6.31. The normalized spacial score (nSPS) is 27.4. The maximum Gasteiger partial charge on any atom is 0.313 e. The smallest absolute Gasteiger partial charge is 0.313 e. The third kappa shape index (κ3) is 2.77. The molecule has 2 aliphatic rings. The summed E-state index contributed by atoms with van der Waals surface area (Å²) in [6.07, 6.45) is -1.36. The fourth-order valence-electron chi connectivity index (χ4n) is 3.20. The van der Waals surface area contributed by atoms with Crippen LogP contribution in [0.4, 0.5) is 4.39 Å². The van der Waals surface area contributed by atoms with Gasteiger partial charge in [-0.25, -0.2) is 4.39 Å². The molecule has 0 aromatic heterocycles. The van der Waals surface area contributed by atoms with Crippen molar-refractivity contribution in [2.75, 3.05) is 13.7 Å². The summed E-state index contributed by atoms with van der Waals surface area (Å²) < 4.78 is 35.7. The molecular formula is C19H17FO5. The van der Waals surface area contributed by atoms with Crippen molar-refractivity contribution in [1.29, 1.82) is 0 Å². The van der Waals surface area contributed by atoms with Crippen molar-refractivity contribution in [2.45, 2.75) is 24.8 Å². The largest absolute Gasteiger partial charge is 0.374 e. The lowest BCUT2D eigenvalue weighted by atomic mass is 9.95. The number of Topliss-reactive ketones (excluding diaryl/α,β-unsaturated/α-hetero) is 1. The number of halogens is 1. The molecule has 25 heavy (non-hydrogen) atoms. The number of ketones is 1. The summed E-state index contributed by atoms with van der Waals surface area (Å²) >= 11 is 0. The number of rotatable bonds is 5. The zero-order valence-corrected chi connectivity index (χ0v) is 13.6. The van der Waals surface area contributed by atoms with Gasteiger partial charge in [-0.1, -0.05) is 36.4 Å². The van der Waals surface area contributed by atoms with Crippen LogP contribution in [0.2, 0.25) is 0 Å². The van der Waals surface area contributed by atoms with E-state index in [1.54, 1.807) is 36.4 Å². The van der Waals surface area contributed by atoms with Crippen LogP contribution in [-0.4, -0.2) is 31.7 Å². The van der Waals surface area contributed by atoms with E-state index in [4.69, 9.17) is 18.9 Å². The van der Waals surface area contributed by atoms with Crippen molar-refractivity contribution in [2.24, 2.45) is 0 Å². The number of carbonyl (C=O) groups is 1. The van der Waals surface area contributed by atoms with Crippen LogP contribution in [0, 0.1) is 5.82 Å². The fourth-order valence-corrected chi connectivity index (χ4v) is 3.20. The van der Waals surface area contributed by atoms with E-state index < -0.39 is 18.2 Å². The lowest BCUT2D eigenvalue weighted by Crippen LogP contribution is -2.40. The number of methoxy groups -OCH3 is 1. The minimum Gasteiger partial charge on any atom is -0.374 e. The van der Waals surface area contributed by atoms with Gasteiger partial charge in [0.15, 0.2) is 11.9 Å². The minimum absolute atomic E-state index is 0.142. The van der Waals surface area contributed by atoms with E-state index in [2.05, 4.69) is 0 Å². The molecule has 1 saturated heterocycles. The fraction of sp³-hybridized carbons (Fsp3) is 0.316. The first-order chi connectivity index (χ1) is 12.1. The molecule has 0 unspecified atom stereocenters. The standard InChI is InChI=1S/C19H17FO5/c1-22-19-15-5-3-2-4-14(15)17(21)18(25-19)16(24-19)11-23-10-12-6-8-13(20)9-7-12/h2-9,16,18H,10-11H2,1H3/t16-,18-,19+/m1/s1. The van der Waals surface area contributed by atoms with Crippen molar-refractivity contribution in [3.63, 3.8) is 0 Å². The van der Waals surface area contributed by atoms with Gasteiger partial charge in [-0.05, 0) is 17.7 Å². The van der Waals surface area contributed by atoms with Crippen molar-refractivity contribution in [1.82, 2.24) is 0 Å². The molecule has 2 aromatic carbocycles. The van der Waals surface area contributed by atoms with Crippen LogP contribution >= 0.6 is 0 Å². The molecule has 2 aliphatic heterocycles. The molecule has 6 heteroatoms. The molecule has 0 spiro atoms. The Morgan fingerprint density at radius 1 is 1.12 bits per heavy atom. The van der Waals surface area contributed by atoms with Crippen molar-refractivity contribution in [3.8, 4) is 0 Å². The minimum atomic E-state index is -1.38. The molecule has 2 aromatic rings. The predicted molar refractivity (Wildman–Crippen MR) is 85.3 cm³/mol. The molecule has 2 bridgehead atoms. The van der Waals surface area contributed by atoms with Crippen LogP contribution in [-0.2, 0) is 31.5 Å². The second-order valence-corrected chi connectivity index (χ2v) is 6.01. The van der Waals surface area contributed by atoms with Gasteiger partial charge in [-0.3, -0.25) is 4.79 Å². The van der Waals surface area contributed by atoms with Crippen LogP contribution in [0.5, 0.6) is 0 Å². The highest BCUT2D eigenvalue weighted by atomic mass is 19.1. The van der Waals surface area contributed by atoms with Gasteiger partial charge in [-0.15, -0.1) is 0 Å². The van der Waals surface area contributed by atoms with E-state index in [9.17, 15) is 9.18 Å². The quantitative estimate of drug-likeness (QED) is 0.835. The number of benzene rings is 2. The van der Waals surface area contributed by atoms with Gasteiger partial charge in [0, 0.05) is 12.7 Å². The van der Waals surface area contributed by atoms with Crippen LogP contribution < -0.4 is 0 Å². The molecule has 2 heterocycles. The summed E-state index contributed by atoms with van der Waals surface area (Å²) in [6, 6.07) is 13.2. The van der Waals surface area contributed by atoms with E-state index in [0.29, 0.717) is 11.1 Å². The molecule has 0 saturated carbocycles. The Kier molecular flexibility index (Phi) is 4.13. The second-order valence-electron chi connectivity index (χ2n) is 6.01. The predicted octanol–water partition coefficient (Wildman–Crippen LogP) is 2.78. The van der Waals surface area contributed by atoms with Gasteiger partial charge in [-0.2, -0.15) is 0 Å². The molecule has 0 aliphatic carbocycles. The SMILES string of the molecule is CO[C@@]12O[C@H](COCc3ccc(F)cc3)[C@@H](O1)C(=O)c1ccccc12.